The van der Waals surface area contributed by atoms with E-state index < -0.39 is 5.82 Å². The standard InChI is InChI=1S/C11H11ClFN3/c1-7-5-14-11(16-7)15-6-8-2-3-10(13)9(12)4-8/h2-5H,6H2,1H3,(H2,14,15,16). The van der Waals surface area contributed by atoms with E-state index in [1.165, 1.54) is 6.07 Å². The van der Waals surface area contributed by atoms with E-state index >= 15 is 0 Å². The van der Waals surface area contributed by atoms with Gasteiger partial charge >= 0.3 is 0 Å². The summed E-state index contributed by atoms with van der Waals surface area (Å²) in [5.74, 6) is 0.289. The summed E-state index contributed by atoms with van der Waals surface area (Å²) in [6.07, 6.45) is 1.74. The van der Waals surface area contributed by atoms with E-state index in [1.807, 2.05) is 6.92 Å². The maximum Gasteiger partial charge on any atom is 0.200 e. The molecule has 16 heavy (non-hydrogen) atoms. The maximum atomic E-state index is 12.9. The number of aryl methyl sites for hydroxylation is 1. The number of anilines is 1. The monoisotopic (exact) mass is 239 g/mol. The van der Waals surface area contributed by atoms with Gasteiger partial charge in [-0.3, -0.25) is 0 Å². The molecule has 0 saturated heterocycles. The van der Waals surface area contributed by atoms with E-state index in [0.717, 1.165) is 11.3 Å². The average Bonchev–Trinajstić information content (AvgIpc) is 2.66. The third kappa shape index (κ3) is 2.52. The topological polar surface area (TPSA) is 40.7 Å². The van der Waals surface area contributed by atoms with Gasteiger partial charge in [-0.25, -0.2) is 9.37 Å². The molecule has 84 valence electrons. The van der Waals surface area contributed by atoms with Gasteiger partial charge in [-0.05, 0) is 24.6 Å². The summed E-state index contributed by atoms with van der Waals surface area (Å²) >= 11 is 5.67. The van der Waals surface area contributed by atoms with Crippen LogP contribution in [0.4, 0.5) is 10.3 Å². The van der Waals surface area contributed by atoms with Gasteiger partial charge in [-0.2, -0.15) is 0 Å². The van der Waals surface area contributed by atoms with E-state index in [4.69, 9.17) is 11.6 Å². The Hall–Kier alpha value is -1.55. The van der Waals surface area contributed by atoms with Gasteiger partial charge < -0.3 is 10.3 Å². The number of nitrogens with one attached hydrogen (secondary N) is 2. The Labute approximate surface area is 97.7 Å². The van der Waals surface area contributed by atoms with Crippen LogP contribution in [-0.4, -0.2) is 9.97 Å². The van der Waals surface area contributed by atoms with Crippen molar-refractivity contribution in [3.63, 3.8) is 0 Å². The zero-order valence-corrected chi connectivity index (χ0v) is 9.48. The number of aromatic nitrogens is 2. The molecule has 0 aliphatic rings. The molecule has 0 atom stereocenters. The molecule has 0 saturated carbocycles. The first-order valence-corrected chi connectivity index (χ1v) is 5.22. The van der Waals surface area contributed by atoms with Crippen molar-refractivity contribution in [2.75, 3.05) is 5.32 Å². The highest BCUT2D eigenvalue weighted by Crippen LogP contribution is 2.16. The highest BCUT2D eigenvalue weighted by atomic mass is 35.5. The Balaban J connectivity index is 2.02. The summed E-state index contributed by atoms with van der Waals surface area (Å²) in [7, 11) is 0. The van der Waals surface area contributed by atoms with E-state index in [0.29, 0.717) is 12.5 Å². The molecule has 1 aromatic carbocycles. The second kappa shape index (κ2) is 4.53. The van der Waals surface area contributed by atoms with Gasteiger partial charge in [0.25, 0.3) is 0 Å². The highest BCUT2D eigenvalue weighted by Gasteiger charge is 2.01. The smallest absolute Gasteiger partial charge is 0.200 e. The normalized spacial score (nSPS) is 10.4. The van der Waals surface area contributed by atoms with Crippen LogP contribution < -0.4 is 5.32 Å². The van der Waals surface area contributed by atoms with Crippen LogP contribution >= 0.6 is 11.6 Å². The van der Waals surface area contributed by atoms with Crippen molar-refractivity contribution in [1.82, 2.24) is 9.97 Å². The van der Waals surface area contributed by atoms with E-state index in [-0.39, 0.29) is 5.02 Å². The summed E-state index contributed by atoms with van der Waals surface area (Å²) in [4.78, 5) is 7.14. The molecule has 0 unspecified atom stereocenters. The fraction of sp³-hybridized carbons (Fsp3) is 0.182. The van der Waals surface area contributed by atoms with Gasteiger partial charge in [0.15, 0.2) is 0 Å². The Morgan fingerprint density at radius 3 is 2.94 bits per heavy atom. The van der Waals surface area contributed by atoms with Crippen LogP contribution in [0.15, 0.2) is 24.4 Å². The van der Waals surface area contributed by atoms with E-state index in [2.05, 4.69) is 15.3 Å². The minimum absolute atomic E-state index is 0.134. The molecular formula is C11H11ClFN3. The van der Waals surface area contributed by atoms with Crippen LogP contribution in [0.25, 0.3) is 0 Å². The molecule has 2 rings (SSSR count). The minimum Gasteiger partial charge on any atom is -0.352 e. The number of imidazole rings is 1. The number of aromatic amines is 1. The molecule has 0 amide bonds. The lowest BCUT2D eigenvalue weighted by molar-refractivity contribution is 0.627. The molecule has 0 radical (unpaired) electrons. The highest BCUT2D eigenvalue weighted by molar-refractivity contribution is 6.30. The molecular weight excluding hydrogens is 229 g/mol. The van der Waals surface area contributed by atoms with Crippen molar-refractivity contribution in [1.29, 1.82) is 0 Å². The van der Waals surface area contributed by atoms with E-state index in [1.54, 1.807) is 18.3 Å². The quantitative estimate of drug-likeness (QED) is 0.864. The Bertz CT molecular complexity index is 496. The van der Waals surface area contributed by atoms with Crippen molar-refractivity contribution in [2.24, 2.45) is 0 Å². The van der Waals surface area contributed by atoms with Crippen molar-refractivity contribution in [2.45, 2.75) is 13.5 Å². The molecule has 0 aliphatic heterocycles. The average molecular weight is 240 g/mol. The number of halogens is 2. The van der Waals surface area contributed by atoms with Crippen LogP contribution in [0, 0.1) is 12.7 Å². The van der Waals surface area contributed by atoms with Crippen molar-refractivity contribution < 1.29 is 4.39 Å². The Morgan fingerprint density at radius 2 is 2.31 bits per heavy atom. The number of benzene rings is 1. The second-order valence-corrected chi connectivity index (χ2v) is 3.92. The molecule has 0 aliphatic carbocycles. The fourth-order valence-corrected chi connectivity index (χ4v) is 1.54. The molecule has 1 heterocycles. The predicted molar refractivity (Wildman–Crippen MR) is 62.1 cm³/mol. The van der Waals surface area contributed by atoms with Gasteiger partial charge in [0.1, 0.15) is 5.82 Å². The third-order valence-electron chi connectivity index (χ3n) is 2.15. The first-order chi connectivity index (χ1) is 7.65. The van der Waals surface area contributed by atoms with Gasteiger partial charge in [0, 0.05) is 18.4 Å². The summed E-state index contributed by atoms with van der Waals surface area (Å²) in [6.45, 7) is 2.47. The molecule has 3 nitrogen and oxygen atoms in total. The lowest BCUT2D eigenvalue weighted by atomic mass is 10.2. The van der Waals surface area contributed by atoms with Crippen LogP contribution in [0.5, 0.6) is 0 Å². The molecule has 2 aromatic rings. The summed E-state index contributed by atoms with van der Waals surface area (Å²) < 4.78 is 12.9. The van der Waals surface area contributed by atoms with Crippen molar-refractivity contribution in [3.8, 4) is 0 Å². The molecule has 0 spiro atoms. The number of rotatable bonds is 3. The van der Waals surface area contributed by atoms with Crippen LogP contribution in [0.3, 0.4) is 0 Å². The number of hydrogen-bond donors (Lipinski definition) is 2. The molecule has 0 bridgehead atoms. The molecule has 0 fully saturated rings. The van der Waals surface area contributed by atoms with Gasteiger partial charge in [-0.15, -0.1) is 0 Å². The minimum atomic E-state index is -0.403. The molecule has 5 heteroatoms. The van der Waals surface area contributed by atoms with Crippen molar-refractivity contribution >= 4 is 17.5 Å². The molecule has 2 N–H and O–H groups in total. The number of nitrogens with zero attached hydrogens (tertiary/aromatic N) is 1. The first kappa shape index (κ1) is 11.0. The van der Waals surface area contributed by atoms with Crippen LogP contribution in [0.1, 0.15) is 11.3 Å². The van der Waals surface area contributed by atoms with Gasteiger partial charge in [-0.1, -0.05) is 17.7 Å². The Morgan fingerprint density at radius 1 is 1.50 bits per heavy atom. The maximum absolute atomic E-state index is 12.9. The first-order valence-electron chi connectivity index (χ1n) is 4.84. The summed E-state index contributed by atoms with van der Waals surface area (Å²) in [6, 6.07) is 4.64. The van der Waals surface area contributed by atoms with Gasteiger partial charge in [0.2, 0.25) is 5.95 Å². The predicted octanol–water partition coefficient (Wildman–Crippen LogP) is 3.12. The van der Waals surface area contributed by atoms with Crippen LogP contribution in [-0.2, 0) is 6.54 Å². The van der Waals surface area contributed by atoms with E-state index in [9.17, 15) is 4.39 Å². The zero-order chi connectivity index (χ0) is 11.5. The summed E-state index contributed by atoms with van der Waals surface area (Å²) in [5.41, 5.74) is 1.89. The SMILES string of the molecule is Cc1cnc(NCc2ccc(F)c(Cl)c2)[nH]1. The zero-order valence-electron chi connectivity index (χ0n) is 8.72. The Kier molecular flexibility index (Phi) is 3.10. The summed E-state index contributed by atoms with van der Waals surface area (Å²) in [5, 5.41) is 3.21. The second-order valence-electron chi connectivity index (χ2n) is 3.52. The van der Waals surface area contributed by atoms with Crippen LogP contribution in [0.2, 0.25) is 5.02 Å². The van der Waals surface area contributed by atoms with Crippen molar-refractivity contribution in [3.05, 3.63) is 46.5 Å². The van der Waals surface area contributed by atoms with Gasteiger partial charge in [0.05, 0.1) is 5.02 Å². The molecule has 1 aromatic heterocycles. The fourth-order valence-electron chi connectivity index (χ4n) is 1.34. The third-order valence-corrected chi connectivity index (χ3v) is 2.44. The lowest BCUT2D eigenvalue weighted by Crippen LogP contribution is -2.01. The number of hydrogen-bond acceptors (Lipinski definition) is 2. The number of H-pyrrole nitrogens is 1. The largest absolute Gasteiger partial charge is 0.352 e. The lowest BCUT2D eigenvalue weighted by Gasteiger charge is -2.04.